The predicted octanol–water partition coefficient (Wildman–Crippen LogP) is 2.68. The molecule has 0 saturated heterocycles. The molecule has 0 radical (unpaired) electrons. The molecule has 0 heterocycles. The van der Waals surface area contributed by atoms with E-state index < -0.39 is 22.3 Å². The highest BCUT2D eigenvalue weighted by atomic mass is 32.2. The van der Waals surface area contributed by atoms with Crippen LogP contribution in [0, 0.1) is 28.1 Å². The Morgan fingerprint density at radius 1 is 1.17 bits per heavy atom. The summed E-state index contributed by atoms with van der Waals surface area (Å²) < 4.78 is 37.6. The molecule has 0 spiro atoms. The van der Waals surface area contributed by atoms with Gasteiger partial charge in [0.05, 0.1) is 4.90 Å². The summed E-state index contributed by atoms with van der Waals surface area (Å²) in [4.78, 5) is -0.473. The lowest BCUT2D eigenvalue weighted by Crippen LogP contribution is -1.88. The van der Waals surface area contributed by atoms with E-state index in [0.717, 1.165) is 0 Å². The van der Waals surface area contributed by atoms with Gasteiger partial charge in [-0.1, -0.05) is 0 Å². The van der Waals surface area contributed by atoms with Gasteiger partial charge in [-0.25, -0.2) is 13.2 Å². The van der Waals surface area contributed by atoms with Crippen molar-refractivity contribution in [2.45, 2.75) is 4.90 Å². The molecule has 0 aliphatic heterocycles. The lowest BCUT2D eigenvalue weighted by Gasteiger charge is -1.98. The molecule has 5 heteroatoms. The number of hydrogen-bond donors (Lipinski definition) is 0. The summed E-state index contributed by atoms with van der Waals surface area (Å²) >= 11 is 0.326. The summed E-state index contributed by atoms with van der Waals surface area (Å²) in [5, 5.41) is 9.62. The highest BCUT2D eigenvalue weighted by Crippen LogP contribution is 2.24. The second-order valence-corrected chi connectivity index (χ2v) is 2.69. The van der Waals surface area contributed by atoms with E-state index in [1.165, 1.54) is 5.40 Å². The van der Waals surface area contributed by atoms with Crippen LogP contribution in [0.15, 0.2) is 17.0 Å². The van der Waals surface area contributed by atoms with Crippen molar-refractivity contribution >= 4 is 11.8 Å². The first-order chi connectivity index (χ1) is 5.65. The minimum absolute atomic E-state index is 0.326. The van der Waals surface area contributed by atoms with Crippen LogP contribution in [0.3, 0.4) is 0 Å². The van der Waals surface area contributed by atoms with Gasteiger partial charge in [0.2, 0.25) is 0 Å². The molecule has 0 N–H and O–H groups in total. The van der Waals surface area contributed by atoms with Crippen LogP contribution in [0.1, 0.15) is 0 Å². The molecule has 0 aliphatic carbocycles. The minimum atomic E-state index is -1.06. The highest BCUT2D eigenvalue weighted by Gasteiger charge is 2.11. The molecular formula is C7H2F3NS. The Labute approximate surface area is 70.8 Å². The quantitative estimate of drug-likeness (QED) is 0.501. The normalized spacial score (nSPS) is 9.50. The zero-order valence-corrected chi connectivity index (χ0v) is 6.46. The Morgan fingerprint density at radius 2 is 1.67 bits per heavy atom. The first-order valence-corrected chi connectivity index (χ1v) is 3.67. The van der Waals surface area contributed by atoms with E-state index in [-0.39, 0.29) is 0 Å². The number of halogens is 3. The number of thiocyanates is 1. The first kappa shape index (κ1) is 8.94. The van der Waals surface area contributed by atoms with Crippen LogP contribution in [-0.4, -0.2) is 0 Å². The molecule has 0 saturated carbocycles. The average Bonchev–Trinajstić information content (AvgIpc) is 1.96. The Bertz CT molecular complexity index is 322. The fourth-order valence-electron chi connectivity index (χ4n) is 0.672. The van der Waals surface area contributed by atoms with Crippen LogP contribution in [0.2, 0.25) is 0 Å². The Balaban J connectivity index is 3.21. The monoisotopic (exact) mass is 189 g/mol. The fraction of sp³-hybridized carbons (Fsp3) is 0. The molecule has 62 valence electrons. The maximum absolute atomic E-state index is 12.6. The van der Waals surface area contributed by atoms with Crippen molar-refractivity contribution in [1.82, 2.24) is 0 Å². The summed E-state index contributed by atoms with van der Waals surface area (Å²) in [5.41, 5.74) is 0. The molecule has 12 heavy (non-hydrogen) atoms. The van der Waals surface area contributed by atoms with Gasteiger partial charge >= 0.3 is 0 Å². The van der Waals surface area contributed by atoms with Crippen molar-refractivity contribution in [3.05, 3.63) is 29.6 Å². The zero-order valence-electron chi connectivity index (χ0n) is 5.64. The SMILES string of the molecule is N#CSc1c(F)cc(F)cc1F. The number of hydrogen-bond acceptors (Lipinski definition) is 2. The van der Waals surface area contributed by atoms with E-state index in [1.807, 2.05) is 0 Å². The van der Waals surface area contributed by atoms with Crippen LogP contribution in [0.25, 0.3) is 0 Å². The lowest BCUT2D eigenvalue weighted by atomic mass is 10.3. The smallest absolute Gasteiger partial charge is 0.143 e. The van der Waals surface area contributed by atoms with Crippen LogP contribution < -0.4 is 0 Å². The molecule has 1 rings (SSSR count). The average molecular weight is 189 g/mol. The maximum Gasteiger partial charge on any atom is 0.143 e. The van der Waals surface area contributed by atoms with Crippen molar-refractivity contribution in [1.29, 1.82) is 5.26 Å². The van der Waals surface area contributed by atoms with E-state index in [0.29, 0.717) is 23.9 Å². The highest BCUT2D eigenvalue weighted by molar-refractivity contribution is 8.03. The summed E-state index contributed by atoms with van der Waals surface area (Å²) in [7, 11) is 0. The fourth-order valence-corrected chi connectivity index (χ4v) is 1.08. The Hall–Kier alpha value is -1.15. The van der Waals surface area contributed by atoms with Crippen LogP contribution in [0.5, 0.6) is 0 Å². The molecule has 0 amide bonds. The van der Waals surface area contributed by atoms with Gasteiger partial charge < -0.3 is 0 Å². The van der Waals surface area contributed by atoms with E-state index in [9.17, 15) is 13.2 Å². The van der Waals surface area contributed by atoms with Crippen LogP contribution in [-0.2, 0) is 0 Å². The number of nitrogens with zero attached hydrogens (tertiary/aromatic N) is 1. The van der Waals surface area contributed by atoms with Crippen molar-refractivity contribution < 1.29 is 13.2 Å². The van der Waals surface area contributed by atoms with E-state index in [2.05, 4.69) is 0 Å². The van der Waals surface area contributed by atoms with Crippen molar-refractivity contribution in [2.24, 2.45) is 0 Å². The molecule has 0 bridgehead atoms. The number of benzene rings is 1. The summed E-state index contributed by atoms with van der Waals surface area (Å²) in [6, 6.07) is 1.06. The third-order valence-electron chi connectivity index (χ3n) is 1.11. The molecule has 1 aromatic carbocycles. The number of nitriles is 1. The Kier molecular flexibility index (Phi) is 2.61. The van der Waals surface area contributed by atoms with Crippen molar-refractivity contribution in [2.75, 3.05) is 0 Å². The molecular weight excluding hydrogens is 187 g/mol. The van der Waals surface area contributed by atoms with Gasteiger partial charge in [-0.05, 0) is 11.8 Å². The number of rotatable bonds is 1. The van der Waals surface area contributed by atoms with Crippen molar-refractivity contribution in [3.8, 4) is 5.40 Å². The van der Waals surface area contributed by atoms with E-state index in [1.54, 1.807) is 0 Å². The molecule has 0 aliphatic rings. The minimum Gasteiger partial charge on any atom is -0.207 e. The second kappa shape index (κ2) is 3.50. The van der Waals surface area contributed by atoms with Gasteiger partial charge in [0.15, 0.2) is 0 Å². The topological polar surface area (TPSA) is 23.8 Å². The maximum atomic E-state index is 12.6. The van der Waals surface area contributed by atoms with Gasteiger partial charge in [-0.2, -0.15) is 5.26 Å². The largest absolute Gasteiger partial charge is 0.207 e. The van der Waals surface area contributed by atoms with Gasteiger partial charge in [-0.3, -0.25) is 0 Å². The molecule has 0 unspecified atom stereocenters. The standard InChI is InChI=1S/C7H2F3NS/c8-4-1-5(9)7(12-3-11)6(10)2-4/h1-2H. The molecule has 1 aromatic rings. The number of thioether (sulfide) groups is 1. The lowest BCUT2D eigenvalue weighted by molar-refractivity contribution is 0.511. The molecule has 0 atom stereocenters. The van der Waals surface area contributed by atoms with Gasteiger partial charge in [-0.15, -0.1) is 0 Å². The predicted molar refractivity (Wildman–Crippen MR) is 37.8 cm³/mol. The Morgan fingerprint density at radius 3 is 2.08 bits per heavy atom. The zero-order chi connectivity index (χ0) is 9.14. The molecule has 0 fully saturated rings. The van der Waals surface area contributed by atoms with Crippen LogP contribution in [0.4, 0.5) is 13.2 Å². The van der Waals surface area contributed by atoms with Crippen LogP contribution >= 0.6 is 11.8 Å². The summed E-state index contributed by atoms with van der Waals surface area (Å²) in [6.45, 7) is 0. The van der Waals surface area contributed by atoms with Crippen molar-refractivity contribution in [3.63, 3.8) is 0 Å². The molecule has 0 aromatic heterocycles. The van der Waals surface area contributed by atoms with Gasteiger partial charge in [0.25, 0.3) is 0 Å². The third kappa shape index (κ3) is 1.71. The molecule has 1 nitrogen and oxygen atoms in total. The summed E-state index contributed by atoms with van der Waals surface area (Å²) in [5.74, 6) is -3.11. The van der Waals surface area contributed by atoms with E-state index >= 15 is 0 Å². The van der Waals surface area contributed by atoms with E-state index in [4.69, 9.17) is 5.26 Å². The van der Waals surface area contributed by atoms with Gasteiger partial charge in [0.1, 0.15) is 22.9 Å². The third-order valence-corrected chi connectivity index (χ3v) is 1.80. The second-order valence-electron chi connectivity index (χ2n) is 1.89. The first-order valence-electron chi connectivity index (χ1n) is 2.85. The summed E-state index contributed by atoms with van der Waals surface area (Å²) in [6.07, 6.45) is 0. The van der Waals surface area contributed by atoms with Gasteiger partial charge in [0, 0.05) is 12.1 Å².